The molecule has 4 rings (SSSR count). The van der Waals surface area contributed by atoms with Crippen molar-refractivity contribution in [2.45, 2.75) is 11.7 Å². The van der Waals surface area contributed by atoms with Crippen molar-refractivity contribution in [2.75, 3.05) is 12.9 Å². The van der Waals surface area contributed by atoms with Crippen LogP contribution in [0.4, 0.5) is 0 Å². The number of carbonyl (C=O) groups excluding carboxylic acids is 1. The van der Waals surface area contributed by atoms with Crippen LogP contribution in [0.1, 0.15) is 5.56 Å². The Kier molecular flexibility index (Phi) is 7.09. The van der Waals surface area contributed by atoms with Crippen LogP contribution in [0.5, 0.6) is 5.75 Å². The number of methoxy groups -OCH3 is 1. The third kappa shape index (κ3) is 5.30. The van der Waals surface area contributed by atoms with Gasteiger partial charge in [0.25, 0.3) is 0 Å². The minimum atomic E-state index is -0.0736. The highest BCUT2D eigenvalue weighted by molar-refractivity contribution is 7.99. The number of hydrogen-bond donors (Lipinski definition) is 1. The van der Waals surface area contributed by atoms with E-state index in [4.69, 9.17) is 16.3 Å². The quantitative estimate of drug-likeness (QED) is 0.371. The number of nitrogens with zero attached hydrogens (tertiary/aromatic N) is 3. The Labute approximate surface area is 195 Å². The van der Waals surface area contributed by atoms with E-state index in [1.54, 1.807) is 7.11 Å². The van der Waals surface area contributed by atoms with E-state index in [2.05, 4.69) is 15.5 Å². The summed E-state index contributed by atoms with van der Waals surface area (Å²) in [4.78, 5) is 12.4. The van der Waals surface area contributed by atoms with Crippen LogP contribution in [0, 0.1) is 0 Å². The molecule has 0 radical (unpaired) electrons. The molecular formula is C24H21ClN4O2S. The molecule has 0 saturated carbocycles. The molecule has 162 valence electrons. The summed E-state index contributed by atoms with van der Waals surface area (Å²) in [6, 6.07) is 24.8. The summed E-state index contributed by atoms with van der Waals surface area (Å²) in [5.41, 5.74) is 2.79. The zero-order chi connectivity index (χ0) is 22.3. The molecule has 0 spiro atoms. The molecule has 1 N–H and O–H groups in total. The molecule has 1 heterocycles. The number of thioether (sulfide) groups is 1. The molecule has 0 aliphatic carbocycles. The summed E-state index contributed by atoms with van der Waals surface area (Å²) in [5.74, 6) is 1.58. The monoisotopic (exact) mass is 464 g/mol. The zero-order valence-corrected chi connectivity index (χ0v) is 18.9. The van der Waals surface area contributed by atoms with Crippen LogP contribution in [0.2, 0.25) is 5.02 Å². The molecule has 0 unspecified atom stereocenters. The standard InChI is InChI=1S/C24H21ClN4O2S/c1-31-21-13-7-18(8-14-21)23-27-28-24(29(23)20-11-9-19(25)10-12-20)32-16-22(30)26-15-17-5-3-2-4-6-17/h2-14H,15-16H2,1H3,(H,26,30). The fourth-order valence-corrected chi connectivity index (χ4v) is 4.00. The highest BCUT2D eigenvalue weighted by Crippen LogP contribution is 2.29. The Bertz CT molecular complexity index is 1180. The van der Waals surface area contributed by atoms with Gasteiger partial charge in [0.05, 0.1) is 12.9 Å². The Hall–Kier alpha value is -3.29. The molecule has 32 heavy (non-hydrogen) atoms. The van der Waals surface area contributed by atoms with Crippen LogP contribution in [0.3, 0.4) is 0 Å². The molecule has 0 bridgehead atoms. The van der Waals surface area contributed by atoms with Gasteiger partial charge in [0, 0.05) is 22.8 Å². The number of amides is 1. The maximum atomic E-state index is 12.4. The number of carbonyl (C=O) groups is 1. The van der Waals surface area contributed by atoms with Crippen LogP contribution in [0.15, 0.2) is 84.0 Å². The van der Waals surface area contributed by atoms with E-state index in [-0.39, 0.29) is 11.7 Å². The van der Waals surface area contributed by atoms with Crippen LogP contribution in [-0.4, -0.2) is 33.5 Å². The molecule has 1 aromatic heterocycles. The van der Waals surface area contributed by atoms with Crippen molar-refractivity contribution in [2.24, 2.45) is 0 Å². The maximum absolute atomic E-state index is 12.4. The van der Waals surface area contributed by atoms with Gasteiger partial charge in [-0.25, -0.2) is 0 Å². The lowest BCUT2D eigenvalue weighted by Gasteiger charge is -2.11. The molecule has 0 aliphatic rings. The van der Waals surface area contributed by atoms with Crippen LogP contribution in [-0.2, 0) is 11.3 Å². The summed E-state index contributed by atoms with van der Waals surface area (Å²) >= 11 is 7.41. The van der Waals surface area contributed by atoms with Crippen LogP contribution in [0.25, 0.3) is 17.1 Å². The van der Waals surface area contributed by atoms with Crippen molar-refractivity contribution in [3.05, 3.63) is 89.4 Å². The number of benzene rings is 3. The van der Waals surface area contributed by atoms with Gasteiger partial charge >= 0.3 is 0 Å². The van der Waals surface area contributed by atoms with Gasteiger partial charge in [-0.15, -0.1) is 10.2 Å². The van der Waals surface area contributed by atoms with Crippen molar-refractivity contribution in [1.29, 1.82) is 0 Å². The normalized spacial score (nSPS) is 10.7. The molecule has 0 fully saturated rings. The molecular weight excluding hydrogens is 444 g/mol. The van der Waals surface area contributed by atoms with E-state index in [0.717, 1.165) is 22.6 Å². The van der Waals surface area contributed by atoms with Gasteiger partial charge in [-0.2, -0.15) is 0 Å². The van der Waals surface area contributed by atoms with Crippen molar-refractivity contribution >= 4 is 29.3 Å². The molecule has 8 heteroatoms. The summed E-state index contributed by atoms with van der Waals surface area (Å²) in [5, 5.41) is 13.0. The number of hydrogen-bond acceptors (Lipinski definition) is 5. The van der Waals surface area contributed by atoms with Crippen molar-refractivity contribution in [1.82, 2.24) is 20.1 Å². The van der Waals surface area contributed by atoms with Gasteiger partial charge in [0.15, 0.2) is 11.0 Å². The Balaban J connectivity index is 1.55. The minimum absolute atomic E-state index is 0.0736. The van der Waals surface area contributed by atoms with Crippen LogP contribution >= 0.6 is 23.4 Å². The van der Waals surface area contributed by atoms with Crippen molar-refractivity contribution in [3.8, 4) is 22.8 Å². The molecule has 0 atom stereocenters. The molecule has 0 aliphatic heterocycles. The number of aromatic nitrogens is 3. The lowest BCUT2D eigenvalue weighted by atomic mass is 10.2. The number of nitrogens with one attached hydrogen (secondary N) is 1. The van der Waals surface area contributed by atoms with Gasteiger partial charge < -0.3 is 10.1 Å². The van der Waals surface area contributed by atoms with Crippen LogP contribution < -0.4 is 10.1 Å². The third-order valence-corrected chi connectivity index (χ3v) is 5.91. The average molecular weight is 465 g/mol. The van der Waals surface area contributed by atoms with Gasteiger partial charge in [0.2, 0.25) is 5.91 Å². The van der Waals surface area contributed by atoms with Crippen molar-refractivity contribution < 1.29 is 9.53 Å². The second-order valence-electron chi connectivity index (χ2n) is 6.90. The summed E-state index contributed by atoms with van der Waals surface area (Å²) in [7, 11) is 1.63. The van der Waals surface area contributed by atoms with Crippen molar-refractivity contribution in [3.63, 3.8) is 0 Å². The predicted molar refractivity (Wildman–Crippen MR) is 127 cm³/mol. The Morgan fingerprint density at radius 2 is 1.72 bits per heavy atom. The highest BCUT2D eigenvalue weighted by Gasteiger charge is 2.17. The Morgan fingerprint density at radius 3 is 2.41 bits per heavy atom. The van der Waals surface area contributed by atoms with E-state index < -0.39 is 0 Å². The highest BCUT2D eigenvalue weighted by atomic mass is 35.5. The topological polar surface area (TPSA) is 69.0 Å². The van der Waals surface area contributed by atoms with Gasteiger partial charge in [-0.3, -0.25) is 9.36 Å². The SMILES string of the molecule is COc1ccc(-c2nnc(SCC(=O)NCc3ccccc3)n2-c2ccc(Cl)cc2)cc1. The maximum Gasteiger partial charge on any atom is 0.230 e. The number of rotatable bonds is 8. The summed E-state index contributed by atoms with van der Waals surface area (Å²) in [6.45, 7) is 0.487. The van der Waals surface area contributed by atoms with Gasteiger partial charge in [-0.1, -0.05) is 53.7 Å². The minimum Gasteiger partial charge on any atom is -0.497 e. The second-order valence-corrected chi connectivity index (χ2v) is 8.28. The molecule has 6 nitrogen and oxygen atoms in total. The molecule has 1 amide bonds. The molecule has 4 aromatic rings. The zero-order valence-electron chi connectivity index (χ0n) is 17.4. The number of ether oxygens (including phenoxy) is 1. The number of halogens is 1. The summed E-state index contributed by atoms with van der Waals surface area (Å²) in [6.07, 6.45) is 0. The van der Waals surface area contributed by atoms with E-state index in [9.17, 15) is 4.79 Å². The van der Waals surface area contributed by atoms with Gasteiger partial charge in [0.1, 0.15) is 5.75 Å². The lowest BCUT2D eigenvalue weighted by Crippen LogP contribution is -2.24. The lowest BCUT2D eigenvalue weighted by molar-refractivity contribution is -0.118. The fraction of sp³-hybridized carbons (Fsp3) is 0.125. The first-order valence-corrected chi connectivity index (χ1v) is 11.3. The summed E-state index contributed by atoms with van der Waals surface area (Å²) < 4.78 is 7.18. The largest absolute Gasteiger partial charge is 0.497 e. The second kappa shape index (κ2) is 10.3. The molecule has 0 saturated heterocycles. The van der Waals surface area contributed by atoms with E-state index in [1.807, 2.05) is 83.4 Å². The molecule has 3 aromatic carbocycles. The van der Waals surface area contributed by atoms with E-state index in [1.165, 1.54) is 11.8 Å². The van der Waals surface area contributed by atoms with E-state index in [0.29, 0.717) is 22.5 Å². The Morgan fingerprint density at radius 1 is 1.00 bits per heavy atom. The van der Waals surface area contributed by atoms with E-state index >= 15 is 0 Å². The first kappa shape index (κ1) is 21.9. The van der Waals surface area contributed by atoms with Gasteiger partial charge in [-0.05, 0) is 54.1 Å². The first-order chi connectivity index (χ1) is 15.6. The first-order valence-electron chi connectivity index (χ1n) is 9.93. The predicted octanol–water partition coefficient (Wildman–Crippen LogP) is 5.00. The average Bonchev–Trinajstić information content (AvgIpc) is 3.26. The third-order valence-electron chi connectivity index (χ3n) is 4.73. The smallest absolute Gasteiger partial charge is 0.230 e. The fourth-order valence-electron chi connectivity index (χ4n) is 3.09.